The van der Waals surface area contributed by atoms with Crippen LogP contribution < -0.4 is 10.6 Å². The number of nitrogens with one attached hydrogen (secondary N) is 2. The van der Waals surface area contributed by atoms with Crippen molar-refractivity contribution in [2.45, 2.75) is 61.7 Å². The molecule has 7 nitrogen and oxygen atoms in total. The Morgan fingerprint density at radius 1 is 1.00 bits per heavy atom. The first-order valence-corrected chi connectivity index (χ1v) is 15.5. The number of carbonyl (C=O) groups is 3. The van der Waals surface area contributed by atoms with E-state index in [0.717, 1.165) is 28.7 Å². The molecule has 8 heteroatoms. The number of amides is 3. The van der Waals surface area contributed by atoms with Crippen molar-refractivity contribution in [3.8, 4) is 0 Å². The number of hydrogen-bond donors (Lipinski definition) is 3. The SMILES string of the molecule is Cc1ccc(C)c(NC(=O)C2N([C@@H](CO)Cc3ccccc3)C(=O)[C@@H]3[C@H](C(=O)NCc4ccccc4)[C@@H]4CCC23S4)c1. The zero-order valence-corrected chi connectivity index (χ0v) is 24.8. The minimum absolute atomic E-state index is 0.0328. The highest BCUT2D eigenvalue weighted by Crippen LogP contribution is 2.66. The summed E-state index contributed by atoms with van der Waals surface area (Å²) in [5.41, 5.74) is 4.63. The van der Waals surface area contributed by atoms with Crippen LogP contribution in [0.2, 0.25) is 0 Å². The lowest BCUT2D eigenvalue weighted by Crippen LogP contribution is -2.55. The molecule has 3 aliphatic rings. The normalized spacial score (nSPS) is 26.6. The fraction of sp³-hybridized carbons (Fsp3) is 0.382. The molecule has 3 aromatic carbocycles. The minimum atomic E-state index is -0.808. The van der Waals surface area contributed by atoms with Crippen LogP contribution in [0, 0.1) is 25.7 Å². The maximum atomic E-state index is 14.5. The summed E-state index contributed by atoms with van der Waals surface area (Å²) in [6, 6.07) is 23.9. The van der Waals surface area contributed by atoms with Gasteiger partial charge in [-0.25, -0.2) is 0 Å². The smallest absolute Gasteiger partial charge is 0.248 e. The van der Waals surface area contributed by atoms with E-state index in [2.05, 4.69) is 10.6 Å². The van der Waals surface area contributed by atoms with E-state index in [-0.39, 0.29) is 29.6 Å². The second kappa shape index (κ2) is 11.6. The molecule has 3 fully saturated rings. The molecule has 3 aromatic rings. The summed E-state index contributed by atoms with van der Waals surface area (Å²) in [7, 11) is 0. The zero-order chi connectivity index (χ0) is 29.4. The predicted molar refractivity (Wildman–Crippen MR) is 165 cm³/mol. The van der Waals surface area contributed by atoms with E-state index < -0.39 is 28.7 Å². The van der Waals surface area contributed by atoms with Gasteiger partial charge in [0.1, 0.15) is 6.04 Å². The summed E-state index contributed by atoms with van der Waals surface area (Å²) in [6.45, 7) is 4.03. The van der Waals surface area contributed by atoms with E-state index in [4.69, 9.17) is 0 Å². The van der Waals surface area contributed by atoms with E-state index in [9.17, 15) is 19.5 Å². The molecule has 218 valence electrons. The van der Waals surface area contributed by atoms with Gasteiger partial charge in [-0.2, -0.15) is 0 Å². The number of anilines is 1. The zero-order valence-electron chi connectivity index (χ0n) is 24.0. The molecule has 3 saturated heterocycles. The van der Waals surface area contributed by atoms with Crippen molar-refractivity contribution in [1.29, 1.82) is 0 Å². The van der Waals surface area contributed by atoms with E-state index in [1.807, 2.05) is 92.7 Å². The molecule has 0 aliphatic carbocycles. The largest absolute Gasteiger partial charge is 0.394 e. The quantitative estimate of drug-likeness (QED) is 0.350. The van der Waals surface area contributed by atoms with Gasteiger partial charge in [-0.1, -0.05) is 72.8 Å². The lowest BCUT2D eigenvalue weighted by atomic mass is 9.70. The Morgan fingerprint density at radius 3 is 2.38 bits per heavy atom. The topological polar surface area (TPSA) is 98.7 Å². The maximum Gasteiger partial charge on any atom is 0.248 e. The van der Waals surface area contributed by atoms with Crippen LogP contribution in [0.15, 0.2) is 78.9 Å². The first kappa shape index (κ1) is 28.5. The number of nitrogens with zero attached hydrogens (tertiary/aromatic N) is 1. The van der Waals surface area contributed by atoms with Crippen LogP contribution in [0.25, 0.3) is 0 Å². The second-order valence-electron chi connectivity index (χ2n) is 11.8. The third-order valence-corrected chi connectivity index (χ3v) is 11.1. The molecular formula is C34H37N3O4S. The number of aryl methyl sites for hydroxylation is 2. The summed E-state index contributed by atoms with van der Waals surface area (Å²) in [5, 5.41) is 16.8. The highest BCUT2D eigenvalue weighted by atomic mass is 32.2. The fourth-order valence-electron chi connectivity index (χ4n) is 7.20. The molecule has 0 aromatic heterocycles. The van der Waals surface area contributed by atoms with E-state index >= 15 is 0 Å². The van der Waals surface area contributed by atoms with Crippen LogP contribution in [0.3, 0.4) is 0 Å². The number of benzene rings is 3. The van der Waals surface area contributed by atoms with Gasteiger partial charge in [0.25, 0.3) is 0 Å². The van der Waals surface area contributed by atoms with Gasteiger partial charge in [-0.15, -0.1) is 11.8 Å². The molecule has 3 aliphatic heterocycles. The van der Waals surface area contributed by atoms with E-state index in [0.29, 0.717) is 25.1 Å². The van der Waals surface area contributed by atoms with Crippen LogP contribution in [0.4, 0.5) is 5.69 Å². The highest BCUT2D eigenvalue weighted by Gasteiger charge is 2.74. The molecule has 3 amide bonds. The van der Waals surface area contributed by atoms with Crippen LogP contribution in [-0.2, 0) is 27.3 Å². The maximum absolute atomic E-state index is 14.5. The minimum Gasteiger partial charge on any atom is -0.394 e. The van der Waals surface area contributed by atoms with Crippen molar-refractivity contribution in [2.24, 2.45) is 11.8 Å². The number of aliphatic hydroxyl groups is 1. The number of rotatable bonds is 9. The second-order valence-corrected chi connectivity index (χ2v) is 13.4. The Labute approximate surface area is 251 Å². The van der Waals surface area contributed by atoms with Crippen molar-refractivity contribution < 1.29 is 19.5 Å². The van der Waals surface area contributed by atoms with Crippen molar-refractivity contribution in [2.75, 3.05) is 11.9 Å². The number of hydrogen-bond acceptors (Lipinski definition) is 5. The first-order valence-electron chi connectivity index (χ1n) is 14.7. The molecule has 42 heavy (non-hydrogen) atoms. The Morgan fingerprint density at radius 2 is 1.69 bits per heavy atom. The van der Waals surface area contributed by atoms with E-state index in [1.165, 1.54) is 0 Å². The van der Waals surface area contributed by atoms with Crippen molar-refractivity contribution in [1.82, 2.24) is 10.2 Å². The van der Waals surface area contributed by atoms with Gasteiger partial charge in [0.05, 0.1) is 29.2 Å². The molecule has 3 N–H and O–H groups in total. The Hall–Kier alpha value is -3.62. The molecule has 2 bridgehead atoms. The summed E-state index contributed by atoms with van der Waals surface area (Å²) in [5.74, 6) is -1.77. The van der Waals surface area contributed by atoms with Gasteiger partial charge in [-0.3, -0.25) is 14.4 Å². The number of carbonyl (C=O) groups excluding carboxylic acids is 3. The summed E-state index contributed by atoms with van der Waals surface area (Å²) >= 11 is 1.64. The van der Waals surface area contributed by atoms with Gasteiger partial charge < -0.3 is 20.6 Å². The molecule has 1 spiro atoms. The molecule has 0 radical (unpaired) electrons. The lowest BCUT2D eigenvalue weighted by Gasteiger charge is -2.37. The van der Waals surface area contributed by atoms with Crippen molar-refractivity contribution in [3.05, 3.63) is 101 Å². The summed E-state index contributed by atoms with van der Waals surface area (Å²) in [6.07, 6.45) is 1.85. The highest BCUT2D eigenvalue weighted by molar-refractivity contribution is 8.02. The van der Waals surface area contributed by atoms with Gasteiger partial charge in [0.15, 0.2) is 0 Å². The average Bonchev–Trinajstić information content (AvgIpc) is 3.65. The third-order valence-electron chi connectivity index (χ3n) is 9.17. The van der Waals surface area contributed by atoms with Crippen LogP contribution in [0.5, 0.6) is 0 Å². The van der Waals surface area contributed by atoms with Crippen LogP contribution in [0.1, 0.15) is 35.1 Å². The van der Waals surface area contributed by atoms with E-state index in [1.54, 1.807) is 16.7 Å². The Balaban J connectivity index is 1.35. The predicted octanol–water partition coefficient (Wildman–Crippen LogP) is 4.25. The molecule has 0 saturated carbocycles. The van der Waals surface area contributed by atoms with Crippen molar-refractivity contribution in [3.63, 3.8) is 0 Å². The van der Waals surface area contributed by atoms with Gasteiger partial charge in [0, 0.05) is 17.5 Å². The molecule has 3 heterocycles. The van der Waals surface area contributed by atoms with Crippen molar-refractivity contribution >= 4 is 35.2 Å². The summed E-state index contributed by atoms with van der Waals surface area (Å²) in [4.78, 5) is 44.2. The molecule has 6 atom stereocenters. The first-order chi connectivity index (χ1) is 20.3. The van der Waals surface area contributed by atoms with Gasteiger partial charge in [0.2, 0.25) is 17.7 Å². The summed E-state index contributed by atoms with van der Waals surface area (Å²) < 4.78 is -0.734. The number of thioether (sulfide) groups is 1. The Bertz CT molecular complexity index is 1480. The van der Waals surface area contributed by atoms with Gasteiger partial charge in [-0.05, 0) is 61.4 Å². The molecular weight excluding hydrogens is 546 g/mol. The molecule has 6 rings (SSSR count). The monoisotopic (exact) mass is 583 g/mol. The number of likely N-dealkylation sites (tertiary alicyclic amines) is 1. The Kier molecular flexibility index (Phi) is 7.85. The fourth-order valence-corrected chi connectivity index (χ4v) is 9.40. The van der Waals surface area contributed by atoms with Gasteiger partial charge >= 0.3 is 0 Å². The third kappa shape index (κ3) is 5.01. The standard InChI is InChI=1S/C34H37N3O4S/c1-21-13-14-22(2)26(17-21)36-32(40)30-34-16-15-27(42-34)28(31(39)35-19-24-11-7-4-8-12-24)29(34)33(41)37(30)25(20-38)18-23-9-5-3-6-10-23/h3-14,17,25,27-30,38H,15-16,18-20H2,1-2H3,(H,35,39)(H,36,40)/t25-,27+,28-,29+,30?,34?/m1/s1. The van der Waals surface area contributed by atoms with Crippen LogP contribution >= 0.6 is 11.8 Å². The number of aliphatic hydroxyl groups excluding tert-OH is 1. The number of fused-ring (bicyclic) bond motifs is 1. The molecule has 2 unspecified atom stereocenters. The average molecular weight is 584 g/mol. The van der Waals surface area contributed by atoms with Crippen LogP contribution in [-0.4, -0.2) is 56.4 Å². The lowest BCUT2D eigenvalue weighted by molar-refractivity contribution is -0.142.